The summed E-state index contributed by atoms with van der Waals surface area (Å²) in [5.41, 5.74) is 7.98. The molecule has 1 aliphatic heterocycles. The van der Waals surface area contributed by atoms with Crippen LogP contribution in [0.2, 0.25) is 0 Å². The summed E-state index contributed by atoms with van der Waals surface area (Å²) in [6.45, 7) is 8.67. The highest BCUT2D eigenvalue weighted by atomic mass is 16.1. The molecule has 0 saturated carbocycles. The fraction of sp³-hybridized carbons (Fsp3) is 0.562. The maximum atomic E-state index is 11.7. The van der Waals surface area contributed by atoms with Crippen LogP contribution in [0.25, 0.3) is 0 Å². The molecule has 0 aromatic heterocycles. The Morgan fingerprint density at radius 1 is 1.24 bits per heavy atom. The Bertz CT molecular complexity index is 467. The van der Waals surface area contributed by atoms with Gasteiger partial charge in [0.2, 0.25) is 5.91 Å². The van der Waals surface area contributed by atoms with E-state index in [-0.39, 0.29) is 11.9 Å². The van der Waals surface area contributed by atoms with E-state index in [1.165, 1.54) is 0 Å². The minimum atomic E-state index is 0.139. The summed E-state index contributed by atoms with van der Waals surface area (Å²) in [4.78, 5) is 16.3. The summed E-state index contributed by atoms with van der Waals surface area (Å²) in [5, 5.41) is 2.93. The second-order valence-electron chi connectivity index (χ2n) is 5.86. The molecule has 0 unspecified atom stereocenters. The van der Waals surface area contributed by atoms with Gasteiger partial charge in [0.1, 0.15) is 0 Å². The topological polar surface area (TPSA) is 61.6 Å². The van der Waals surface area contributed by atoms with Gasteiger partial charge in [-0.25, -0.2) is 0 Å². The maximum Gasteiger partial charge on any atom is 0.221 e. The zero-order valence-corrected chi connectivity index (χ0v) is 13.0. The van der Waals surface area contributed by atoms with Crippen molar-refractivity contribution in [2.75, 3.05) is 43.4 Å². The molecule has 0 bridgehead atoms. The molecule has 1 aromatic carbocycles. The molecular formula is C16H26N4O. The Hall–Kier alpha value is -1.75. The molecule has 1 aromatic rings. The normalized spacial score (nSPS) is 16.2. The first-order chi connectivity index (χ1) is 10.1. The fourth-order valence-corrected chi connectivity index (χ4v) is 2.64. The van der Waals surface area contributed by atoms with Gasteiger partial charge >= 0.3 is 0 Å². The number of carbonyl (C=O) groups is 1. The van der Waals surface area contributed by atoms with Gasteiger partial charge in [-0.3, -0.25) is 9.69 Å². The lowest BCUT2D eigenvalue weighted by atomic mass is 10.2. The van der Waals surface area contributed by atoms with Gasteiger partial charge in [-0.2, -0.15) is 0 Å². The minimum Gasteiger partial charge on any atom is -0.397 e. The van der Waals surface area contributed by atoms with E-state index in [9.17, 15) is 4.79 Å². The van der Waals surface area contributed by atoms with E-state index < -0.39 is 0 Å². The number of hydrogen-bond donors (Lipinski definition) is 2. The van der Waals surface area contributed by atoms with Crippen molar-refractivity contribution in [2.45, 2.75) is 26.3 Å². The molecule has 0 radical (unpaired) electrons. The standard InChI is InChI=1S/C16H26N4O/c1-13(2)18-16(21)7-8-19-9-11-20(12-10-19)15-6-4-3-5-14(15)17/h3-6,13H,7-12,17H2,1-2H3,(H,18,21). The van der Waals surface area contributed by atoms with E-state index in [1.807, 2.05) is 32.0 Å². The number of hydrogen-bond acceptors (Lipinski definition) is 4. The van der Waals surface area contributed by atoms with Crippen molar-refractivity contribution in [2.24, 2.45) is 0 Å². The van der Waals surface area contributed by atoms with Crippen LogP contribution in [0, 0.1) is 0 Å². The van der Waals surface area contributed by atoms with E-state index in [1.54, 1.807) is 0 Å². The highest BCUT2D eigenvalue weighted by molar-refractivity contribution is 5.76. The number of amides is 1. The molecule has 116 valence electrons. The molecule has 0 spiro atoms. The molecule has 1 saturated heterocycles. The van der Waals surface area contributed by atoms with Crippen LogP contribution < -0.4 is 16.0 Å². The maximum absolute atomic E-state index is 11.7. The van der Waals surface area contributed by atoms with E-state index in [0.29, 0.717) is 6.42 Å². The highest BCUT2D eigenvalue weighted by Gasteiger charge is 2.18. The first-order valence-electron chi connectivity index (χ1n) is 7.67. The summed E-state index contributed by atoms with van der Waals surface area (Å²) in [5.74, 6) is 0.139. The van der Waals surface area contributed by atoms with Crippen molar-refractivity contribution in [1.29, 1.82) is 0 Å². The Labute approximate surface area is 127 Å². The Morgan fingerprint density at radius 3 is 2.52 bits per heavy atom. The van der Waals surface area contributed by atoms with Crippen LogP contribution in [0.5, 0.6) is 0 Å². The third-order valence-electron chi connectivity index (χ3n) is 3.75. The van der Waals surface area contributed by atoms with Gasteiger partial charge in [0, 0.05) is 45.2 Å². The van der Waals surface area contributed by atoms with Crippen molar-refractivity contribution in [3.05, 3.63) is 24.3 Å². The lowest BCUT2D eigenvalue weighted by Crippen LogP contribution is -2.47. The highest BCUT2D eigenvalue weighted by Crippen LogP contribution is 2.23. The quantitative estimate of drug-likeness (QED) is 0.803. The van der Waals surface area contributed by atoms with Gasteiger partial charge in [0.25, 0.3) is 0 Å². The van der Waals surface area contributed by atoms with Gasteiger partial charge in [0.15, 0.2) is 0 Å². The average molecular weight is 290 g/mol. The Kier molecular flexibility index (Phi) is 5.44. The monoisotopic (exact) mass is 290 g/mol. The van der Waals surface area contributed by atoms with Gasteiger partial charge in [-0.05, 0) is 26.0 Å². The van der Waals surface area contributed by atoms with Crippen LogP contribution >= 0.6 is 0 Å². The van der Waals surface area contributed by atoms with E-state index >= 15 is 0 Å². The zero-order valence-electron chi connectivity index (χ0n) is 13.0. The van der Waals surface area contributed by atoms with Crippen LogP contribution in [0.4, 0.5) is 11.4 Å². The van der Waals surface area contributed by atoms with Crippen LogP contribution in [-0.2, 0) is 4.79 Å². The fourth-order valence-electron chi connectivity index (χ4n) is 2.64. The number of nitrogens with two attached hydrogens (primary N) is 1. The molecule has 5 heteroatoms. The van der Waals surface area contributed by atoms with Gasteiger partial charge in [-0.1, -0.05) is 12.1 Å². The summed E-state index contributed by atoms with van der Waals surface area (Å²) in [6, 6.07) is 8.21. The molecule has 1 amide bonds. The largest absolute Gasteiger partial charge is 0.397 e. The lowest BCUT2D eigenvalue weighted by Gasteiger charge is -2.36. The number of piperazine rings is 1. The molecule has 1 aliphatic rings. The molecule has 0 atom stereocenters. The Morgan fingerprint density at radius 2 is 1.90 bits per heavy atom. The number of nitrogen functional groups attached to an aromatic ring is 1. The first kappa shape index (κ1) is 15.6. The van der Waals surface area contributed by atoms with Crippen molar-refractivity contribution < 1.29 is 4.79 Å². The van der Waals surface area contributed by atoms with Gasteiger partial charge < -0.3 is 16.0 Å². The average Bonchev–Trinajstić information content (AvgIpc) is 2.46. The number of para-hydroxylation sites is 2. The third kappa shape index (κ3) is 4.63. The van der Waals surface area contributed by atoms with Crippen LogP contribution in [-0.4, -0.2) is 49.6 Å². The molecule has 1 heterocycles. The predicted octanol–water partition coefficient (Wildman–Crippen LogP) is 1.31. The number of nitrogens with one attached hydrogen (secondary N) is 1. The molecule has 21 heavy (non-hydrogen) atoms. The summed E-state index contributed by atoms with van der Waals surface area (Å²) in [6.07, 6.45) is 0.575. The SMILES string of the molecule is CC(C)NC(=O)CCN1CCN(c2ccccc2N)CC1. The predicted molar refractivity (Wildman–Crippen MR) is 87.4 cm³/mol. The van der Waals surface area contributed by atoms with Gasteiger partial charge in [0.05, 0.1) is 11.4 Å². The number of rotatable bonds is 5. The Balaban J connectivity index is 1.76. The van der Waals surface area contributed by atoms with Crippen molar-refractivity contribution >= 4 is 17.3 Å². The minimum absolute atomic E-state index is 0.139. The smallest absolute Gasteiger partial charge is 0.221 e. The van der Waals surface area contributed by atoms with Gasteiger partial charge in [-0.15, -0.1) is 0 Å². The first-order valence-corrected chi connectivity index (χ1v) is 7.67. The summed E-state index contributed by atoms with van der Waals surface area (Å²) >= 11 is 0. The number of anilines is 2. The van der Waals surface area contributed by atoms with Crippen LogP contribution in [0.3, 0.4) is 0 Å². The van der Waals surface area contributed by atoms with Crippen molar-refractivity contribution in [3.63, 3.8) is 0 Å². The second-order valence-corrected chi connectivity index (χ2v) is 5.86. The third-order valence-corrected chi connectivity index (χ3v) is 3.75. The second kappa shape index (κ2) is 7.31. The van der Waals surface area contributed by atoms with Crippen molar-refractivity contribution in [3.8, 4) is 0 Å². The summed E-state index contributed by atoms with van der Waals surface area (Å²) in [7, 11) is 0. The van der Waals surface area contributed by atoms with Crippen LogP contribution in [0.15, 0.2) is 24.3 Å². The van der Waals surface area contributed by atoms with E-state index in [4.69, 9.17) is 5.73 Å². The molecule has 5 nitrogen and oxygen atoms in total. The molecule has 1 fully saturated rings. The molecule has 2 rings (SSSR count). The molecule has 3 N–H and O–H groups in total. The molecule has 0 aliphatic carbocycles. The van der Waals surface area contributed by atoms with Crippen LogP contribution in [0.1, 0.15) is 20.3 Å². The van der Waals surface area contributed by atoms with E-state index in [2.05, 4.69) is 21.2 Å². The van der Waals surface area contributed by atoms with Crippen molar-refractivity contribution in [1.82, 2.24) is 10.2 Å². The number of nitrogens with zero attached hydrogens (tertiary/aromatic N) is 2. The zero-order chi connectivity index (χ0) is 15.2. The lowest BCUT2D eigenvalue weighted by molar-refractivity contribution is -0.121. The summed E-state index contributed by atoms with van der Waals surface area (Å²) < 4.78 is 0. The molecular weight excluding hydrogens is 264 g/mol. The number of carbonyl (C=O) groups excluding carboxylic acids is 1. The number of benzene rings is 1. The van der Waals surface area contributed by atoms with E-state index in [0.717, 1.165) is 44.1 Å².